The molecule has 2 rings (SSSR count). The van der Waals surface area contributed by atoms with E-state index >= 15 is 0 Å². The topological polar surface area (TPSA) is 36.4 Å². The summed E-state index contributed by atoms with van der Waals surface area (Å²) in [7, 11) is 0. The Labute approximate surface area is 239 Å². The van der Waals surface area contributed by atoms with Crippen molar-refractivity contribution in [2.45, 2.75) is 105 Å². The quantitative estimate of drug-likeness (QED) is 0.0406. The molecule has 0 atom stereocenters. The minimum Gasteiger partial charge on any atom is -0.358 e. The van der Waals surface area contributed by atoms with Crippen LogP contribution < -0.4 is 0 Å². The van der Waals surface area contributed by atoms with Crippen molar-refractivity contribution in [3.8, 4) is 0 Å². The number of aryl methyl sites for hydroxylation is 2. The second-order valence-corrected chi connectivity index (χ2v) is 9.42. The molecule has 0 heterocycles. The Morgan fingerprint density at radius 2 is 1.30 bits per heavy atom. The van der Waals surface area contributed by atoms with E-state index in [1.807, 2.05) is 0 Å². The molecule has 0 unspecified atom stereocenters. The number of nitrogens with zero attached hydrogens (tertiary/aromatic N) is 2. The van der Waals surface area contributed by atoms with Crippen LogP contribution in [0.4, 0.5) is 0 Å². The Balaban J connectivity index is 0. The van der Waals surface area contributed by atoms with Gasteiger partial charge in [-0.25, -0.2) is 0 Å². The van der Waals surface area contributed by atoms with Gasteiger partial charge in [-0.1, -0.05) is 114 Å². The molecule has 0 amide bonds. The third-order valence-corrected chi connectivity index (χ3v) is 6.71. The second-order valence-electron chi connectivity index (χ2n) is 9.42. The van der Waals surface area contributed by atoms with Crippen molar-refractivity contribution < 1.29 is 21.3 Å². The summed E-state index contributed by atoms with van der Waals surface area (Å²) in [6, 6.07) is 18.0. The number of rotatable bonds is 15. The first-order valence-electron chi connectivity index (χ1n) is 13.5. The summed E-state index contributed by atoms with van der Waals surface area (Å²) in [5, 5.41) is 0. The SMILES string of the molecule is CCCCCCCCc1ccc(C(=C(C)C(=C=[N+]=[N-])CC)c2cccc(CCCCC)c2)cc1.[CH3-].[CH3-].[Ni+2]. The molecule has 0 spiro atoms. The van der Waals surface area contributed by atoms with Gasteiger partial charge in [-0.2, -0.15) is 0 Å². The van der Waals surface area contributed by atoms with Gasteiger partial charge in [0.15, 0.2) is 0 Å². The molecule has 2 aromatic carbocycles. The fourth-order valence-corrected chi connectivity index (χ4v) is 4.65. The van der Waals surface area contributed by atoms with Crippen LogP contribution in [0.15, 0.2) is 59.7 Å². The predicted octanol–water partition coefficient (Wildman–Crippen LogP) is 10.3. The molecule has 0 fully saturated rings. The molecule has 2 nitrogen and oxygen atoms in total. The van der Waals surface area contributed by atoms with E-state index < -0.39 is 0 Å². The monoisotopic (exact) mass is 544 g/mol. The molecule has 0 radical (unpaired) electrons. The van der Waals surface area contributed by atoms with Gasteiger partial charge in [0.05, 0.1) is 5.57 Å². The van der Waals surface area contributed by atoms with Gasteiger partial charge in [-0.05, 0) is 72.4 Å². The van der Waals surface area contributed by atoms with Crippen LogP contribution in [0.3, 0.4) is 0 Å². The van der Waals surface area contributed by atoms with Crippen LogP contribution in [0.1, 0.15) is 114 Å². The molecule has 0 saturated carbocycles. The summed E-state index contributed by atoms with van der Waals surface area (Å²) >= 11 is 0. The van der Waals surface area contributed by atoms with E-state index in [1.165, 1.54) is 85.6 Å². The van der Waals surface area contributed by atoms with Crippen LogP contribution in [0.25, 0.3) is 11.1 Å². The Bertz CT molecular complexity index is 991. The van der Waals surface area contributed by atoms with Crippen molar-refractivity contribution in [3.63, 3.8) is 0 Å². The molecule has 2 aromatic rings. The fourth-order valence-electron chi connectivity index (χ4n) is 4.65. The molecule has 0 N–H and O–H groups in total. The average molecular weight is 545 g/mol. The van der Waals surface area contributed by atoms with Gasteiger partial charge >= 0.3 is 22.4 Å². The van der Waals surface area contributed by atoms with E-state index in [2.05, 4.69) is 86.9 Å². The van der Waals surface area contributed by atoms with Crippen LogP contribution >= 0.6 is 0 Å². The Hall–Kier alpha value is -2.17. The van der Waals surface area contributed by atoms with Gasteiger partial charge in [0, 0.05) is 0 Å². The zero-order valence-corrected chi connectivity index (χ0v) is 25.3. The normalized spacial score (nSPS) is 10.6. The predicted molar refractivity (Wildman–Crippen MR) is 160 cm³/mol. The molecular weight excluding hydrogens is 495 g/mol. The van der Waals surface area contributed by atoms with E-state index in [0.29, 0.717) is 0 Å². The molecule has 0 saturated heterocycles. The second kappa shape index (κ2) is 21.9. The molecule has 37 heavy (non-hydrogen) atoms. The van der Waals surface area contributed by atoms with Gasteiger partial charge < -0.3 is 20.4 Å². The molecule has 3 heteroatoms. The van der Waals surface area contributed by atoms with E-state index in [-0.39, 0.29) is 31.3 Å². The van der Waals surface area contributed by atoms with E-state index in [4.69, 9.17) is 5.53 Å². The molecule has 0 bridgehead atoms. The largest absolute Gasteiger partial charge is 2.00 e. The first-order chi connectivity index (χ1) is 16.6. The van der Waals surface area contributed by atoms with Crippen molar-refractivity contribution in [1.82, 2.24) is 0 Å². The number of hydrogen-bond acceptors (Lipinski definition) is 0. The summed E-state index contributed by atoms with van der Waals surface area (Å²) in [6.07, 6.45) is 14.7. The molecular formula is C34H50N2Ni. The molecule has 206 valence electrons. The van der Waals surface area contributed by atoms with Crippen LogP contribution in [0, 0.1) is 14.9 Å². The fraction of sp³-hybridized carbons (Fsp3) is 0.471. The van der Waals surface area contributed by atoms with Crippen molar-refractivity contribution in [3.05, 3.63) is 102 Å². The van der Waals surface area contributed by atoms with E-state index in [9.17, 15) is 0 Å². The van der Waals surface area contributed by atoms with Gasteiger partial charge in [-0.15, -0.1) is 4.79 Å². The maximum Gasteiger partial charge on any atom is 2.00 e. The Kier molecular flexibility index (Phi) is 21.9. The standard InChI is InChI=1S/C32H44N2.2CH3.Ni/c1-5-8-10-11-12-14-16-27-20-22-30(23-21-27)32(26(4)29(7-3)25-34-33)31-19-15-18-28(24-31)17-13-9-6-2;;;/h15,18-24H,5-14,16-17H2,1-4H3;2*1H3;/q;2*-1;+2. The number of allylic oxidation sites excluding steroid dienone is 2. The minimum absolute atomic E-state index is 0. The average Bonchev–Trinajstić information content (AvgIpc) is 2.86. The summed E-state index contributed by atoms with van der Waals surface area (Å²) in [5.41, 5.74) is 17.6. The van der Waals surface area contributed by atoms with Crippen molar-refractivity contribution in [1.29, 1.82) is 0 Å². The third-order valence-electron chi connectivity index (χ3n) is 6.71. The van der Waals surface area contributed by atoms with Crippen LogP contribution in [0.2, 0.25) is 0 Å². The van der Waals surface area contributed by atoms with Crippen molar-refractivity contribution >= 4 is 11.4 Å². The Morgan fingerprint density at radius 1 is 0.730 bits per heavy atom. The summed E-state index contributed by atoms with van der Waals surface area (Å²) in [5.74, 6) is 2.81. The molecule has 0 aliphatic carbocycles. The number of hydrogen-bond donors (Lipinski definition) is 0. The number of unbranched alkanes of at least 4 members (excludes halogenated alkanes) is 7. The smallest absolute Gasteiger partial charge is 0.358 e. The van der Waals surface area contributed by atoms with Gasteiger partial charge in [0.1, 0.15) is 0 Å². The van der Waals surface area contributed by atoms with Crippen LogP contribution in [-0.2, 0) is 29.3 Å². The minimum atomic E-state index is 0. The maximum absolute atomic E-state index is 9.16. The van der Waals surface area contributed by atoms with E-state index in [1.54, 1.807) is 0 Å². The van der Waals surface area contributed by atoms with Gasteiger partial charge in [0.2, 0.25) is 0 Å². The van der Waals surface area contributed by atoms with Crippen molar-refractivity contribution in [2.75, 3.05) is 0 Å². The van der Waals surface area contributed by atoms with Crippen LogP contribution in [-0.4, -0.2) is 10.7 Å². The first-order valence-corrected chi connectivity index (χ1v) is 13.5. The zero-order chi connectivity index (χ0) is 24.6. The molecule has 0 aliphatic heterocycles. The molecule has 0 aromatic heterocycles. The van der Waals surface area contributed by atoms with Crippen LogP contribution in [0.5, 0.6) is 0 Å². The third kappa shape index (κ3) is 12.8. The molecule has 0 aliphatic rings. The van der Waals surface area contributed by atoms with E-state index in [0.717, 1.165) is 30.4 Å². The maximum atomic E-state index is 9.16. The summed E-state index contributed by atoms with van der Waals surface area (Å²) < 4.78 is 0. The zero-order valence-electron chi connectivity index (χ0n) is 24.3. The Morgan fingerprint density at radius 3 is 1.92 bits per heavy atom. The number of benzene rings is 2. The first kappa shape index (κ1) is 37.0. The van der Waals surface area contributed by atoms with Crippen molar-refractivity contribution in [2.24, 2.45) is 0 Å². The summed E-state index contributed by atoms with van der Waals surface area (Å²) in [6.45, 7) is 8.72. The summed E-state index contributed by atoms with van der Waals surface area (Å²) in [4.78, 5) is 3.22. The van der Waals surface area contributed by atoms with Gasteiger partial charge in [0.25, 0.3) is 0 Å². The van der Waals surface area contributed by atoms with Gasteiger partial charge in [-0.3, -0.25) is 0 Å².